The fourth-order valence-corrected chi connectivity index (χ4v) is 2.68. The molecule has 0 atom stereocenters. The number of nitrogens with zero attached hydrogens (tertiary/aromatic N) is 2. The molecular formula is C16H22FIN4S. The Kier molecular flexibility index (Phi) is 8.32. The summed E-state index contributed by atoms with van der Waals surface area (Å²) in [6.07, 6.45) is 0. The average molecular weight is 448 g/mol. The summed E-state index contributed by atoms with van der Waals surface area (Å²) >= 11 is 1.67. The van der Waals surface area contributed by atoms with Crippen molar-refractivity contribution < 1.29 is 4.39 Å². The van der Waals surface area contributed by atoms with Crippen molar-refractivity contribution in [1.29, 1.82) is 0 Å². The van der Waals surface area contributed by atoms with E-state index < -0.39 is 0 Å². The molecule has 0 bridgehead atoms. The van der Waals surface area contributed by atoms with Crippen LogP contribution in [-0.2, 0) is 13.1 Å². The number of aliphatic imine (C=N–C) groups is 1. The molecule has 1 heterocycles. The lowest BCUT2D eigenvalue weighted by Gasteiger charge is -2.15. The van der Waals surface area contributed by atoms with Gasteiger partial charge < -0.3 is 15.5 Å². The minimum Gasteiger partial charge on any atom is -0.375 e. The van der Waals surface area contributed by atoms with Gasteiger partial charge in [0.1, 0.15) is 5.82 Å². The van der Waals surface area contributed by atoms with E-state index in [1.54, 1.807) is 35.4 Å². The van der Waals surface area contributed by atoms with Gasteiger partial charge in [0, 0.05) is 34.2 Å². The highest BCUT2D eigenvalue weighted by atomic mass is 127. The van der Waals surface area contributed by atoms with E-state index in [1.807, 2.05) is 25.5 Å². The van der Waals surface area contributed by atoms with Crippen LogP contribution in [-0.4, -0.2) is 27.1 Å². The van der Waals surface area contributed by atoms with Crippen LogP contribution in [0, 0.1) is 5.82 Å². The number of thiophene rings is 1. The lowest BCUT2D eigenvalue weighted by Crippen LogP contribution is -2.36. The topological polar surface area (TPSA) is 39.7 Å². The quantitative estimate of drug-likeness (QED) is 0.419. The van der Waals surface area contributed by atoms with E-state index >= 15 is 0 Å². The third kappa shape index (κ3) is 5.98. The Balaban J connectivity index is 0.00000264. The second kappa shape index (κ2) is 9.71. The molecule has 0 aliphatic heterocycles. The van der Waals surface area contributed by atoms with Crippen molar-refractivity contribution in [2.75, 3.05) is 26.0 Å². The molecule has 0 spiro atoms. The van der Waals surface area contributed by atoms with Crippen molar-refractivity contribution in [1.82, 2.24) is 10.6 Å². The van der Waals surface area contributed by atoms with E-state index in [0.717, 1.165) is 12.1 Å². The first-order chi connectivity index (χ1) is 10.6. The van der Waals surface area contributed by atoms with Gasteiger partial charge in [0.15, 0.2) is 5.96 Å². The number of hydrogen-bond acceptors (Lipinski definition) is 3. The van der Waals surface area contributed by atoms with Crippen molar-refractivity contribution in [2.24, 2.45) is 4.99 Å². The molecule has 4 nitrogen and oxygen atoms in total. The van der Waals surface area contributed by atoms with Gasteiger partial charge in [-0.2, -0.15) is 11.3 Å². The third-order valence-electron chi connectivity index (χ3n) is 3.22. The van der Waals surface area contributed by atoms with Gasteiger partial charge in [-0.25, -0.2) is 4.39 Å². The van der Waals surface area contributed by atoms with E-state index in [4.69, 9.17) is 0 Å². The van der Waals surface area contributed by atoms with Gasteiger partial charge in [-0.1, -0.05) is 6.07 Å². The highest BCUT2D eigenvalue weighted by molar-refractivity contribution is 14.0. The highest BCUT2D eigenvalue weighted by Crippen LogP contribution is 2.18. The minimum absolute atomic E-state index is 0. The van der Waals surface area contributed by atoms with Gasteiger partial charge in [0.2, 0.25) is 0 Å². The van der Waals surface area contributed by atoms with E-state index in [2.05, 4.69) is 27.1 Å². The maximum atomic E-state index is 13.9. The monoisotopic (exact) mass is 448 g/mol. The van der Waals surface area contributed by atoms with Crippen LogP contribution in [0.3, 0.4) is 0 Å². The fourth-order valence-electron chi connectivity index (χ4n) is 2.01. The van der Waals surface area contributed by atoms with Gasteiger partial charge in [0.05, 0.1) is 5.69 Å². The van der Waals surface area contributed by atoms with Crippen molar-refractivity contribution in [3.8, 4) is 0 Å². The maximum Gasteiger partial charge on any atom is 0.191 e. The number of rotatable bonds is 5. The second-order valence-corrected chi connectivity index (χ2v) is 5.87. The van der Waals surface area contributed by atoms with Crippen LogP contribution in [0.1, 0.15) is 11.1 Å². The molecule has 0 aliphatic carbocycles. The Bertz CT molecular complexity index is 629. The summed E-state index contributed by atoms with van der Waals surface area (Å²) in [5, 5.41) is 10.6. The van der Waals surface area contributed by atoms with Gasteiger partial charge in [-0.3, -0.25) is 4.99 Å². The Morgan fingerprint density at radius 1 is 1.17 bits per heavy atom. The largest absolute Gasteiger partial charge is 0.375 e. The zero-order valence-electron chi connectivity index (χ0n) is 13.5. The molecule has 2 N–H and O–H groups in total. The fraction of sp³-hybridized carbons (Fsp3) is 0.312. The molecular weight excluding hydrogens is 426 g/mol. The van der Waals surface area contributed by atoms with Crippen molar-refractivity contribution in [2.45, 2.75) is 13.1 Å². The summed E-state index contributed by atoms with van der Waals surface area (Å²) in [6.45, 7) is 1.24. The zero-order chi connectivity index (χ0) is 15.9. The zero-order valence-corrected chi connectivity index (χ0v) is 16.6. The molecule has 2 aromatic rings. The molecule has 7 heteroatoms. The van der Waals surface area contributed by atoms with Crippen LogP contribution in [0.5, 0.6) is 0 Å². The number of nitrogens with one attached hydrogen (secondary N) is 2. The Morgan fingerprint density at radius 2 is 1.87 bits per heavy atom. The maximum absolute atomic E-state index is 13.9. The van der Waals surface area contributed by atoms with Gasteiger partial charge >= 0.3 is 0 Å². The molecule has 0 aliphatic rings. The molecule has 1 aromatic heterocycles. The molecule has 2 rings (SSSR count). The summed E-state index contributed by atoms with van der Waals surface area (Å²) in [6, 6.07) is 7.32. The summed E-state index contributed by atoms with van der Waals surface area (Å²) in [5.41, 5.74) is 2.68. The smallest absolute Gasteiger partial charge is 0.191 e. The normalized spacial score (nSPS) is 10.9. The van der Waals surface area contributed by atoms with Crippen LogP contribution < -0.4 is 15.5 Å². The Labute approximate surface area is 157 Å². The highest BCUT2D eigenvalue weighted by Gasteiger charge is 2.06. The summed E-state index contributed by atoms with van der Waals surface area (Å²) in [5.74, 6) is 0.480. The van der Waals surface area contributed by atoms with Crippen LogP contribution in [0.2, 0.25) is 0 Å². The standard InChI is InChI=1S/C16H21FN4S.HI/c1-18-16(20-10-13-6-7-22-11-13)19-9-12-4-5-15(21(2)3)14(17)8-12;/h4-8,11H,9-10H2,1-3H3,(H2,18,19,20);1H. The van der Waals surface area contributed by atoms with Crippen LogP contribution >= 0.6 is 35.3 Å². The number of halogens is 2. The lowest BCUT2D eigenvalue weighted by molar-refractivity contribution is 0.623. The predicted molar refractivity (Wildman–Crippen MR) is 107 cm³/mol. The minimum atomic E-state index is -0.217. The molecule has 23 heavy (non-hydrogen) atoms. The Hall–Kier alpha value is -1.35. The summed E-state index contributed by atoms with van der Waals surface area (Å²) in [7, 11) is 5.37. The van der Waals surface area contributed by atoms with Crippen LogP contribution in [0.4, 0.5) is 10.1 Å². The third-order valence-corrected chi connectivity index (χ3v) is 3.95. The molecule has 0 saturated carbocycles. The molecule has 0 unspecified atom stereocenters. The summed E-state index contributed by atoms with van der Waals surface area (Å²) < 4.78 is 13.9. The van der Waals surface area contributed by atoms with Crippen molar-refractivity contribution >= 4 is 47.0 Å². The van der Waals surface area contributed by atoms with Crippen LogP contribution in [0.25, 0.3) is 0 Å². The number of benzene rings is 1. The number of guanidine groups is 1. The van der Waals surface area contributed by atoms with E-state index in [0.29, 0.717) is 18.2 Å². The first-order valence-corrected chi connectivity index (χ1v) is 7.95. The molecule has 0 amide bonds. The SMILES string of the molecule is CN=C(NCc1ccsc1)NCc1ccc(N(C)C)c(F)c1.I. The van der Waals surface area contributed by atoms with Gasteiger partial charge in [0.25, 0.3) is 0 Å². The first kappa shape index (κ1) is 19.7. The van der Waals surface area contributed by atoms with Gasteiger partial charge in [-0.15, -0.1) is 24.0 Å². The lowest BCUT2D eigenvalue weighted by atomic mass is 10.2. The summed E-state index contributed by atoms with van der Waals surface area (Å²) in [4.78, 5) is 5.92. The van der Waals surface area contributed by atoms with Crippen molar-refractivity contribution in [3.63, 3.8) is 0 Å². The number of anilines is 1. The Morgan fingerprint density at radius 3 is 2.39 bits per heavy atom. The first-order valence-electron chi connectivity index (χ1n) is 7.01. The molecule has 0 saturated heterocycles. The molecule has 1 aromatic carbocycles. The molecule has 0 fully saturated rings. The van der Waals surface area contributed by atoms with E-state index in [-0.39, 0.29) is 29.8 Å². The molecule has 0 radical (unpaired) electrons. The second-order valence-electron chi connectivity index (χ2n) is 5.09. The van der Waals surface area contributed by atoms with Crippen molar-refractivity contribution in [3.05, 3.63) is 52.0 Å². The van der Waals surface area contributed by atoms with Gasteiger partial charge in [-0.05, 0) is 40.1 Å². The number of hydrogen-bond donors (Lipinski definition) is 2. The average Bonchev–Trinajstić information content (AvgIpc) is 3.00. The predicted octanol–water partition coefficient (Wildman–Crippen LogP) is 3.44. The van der Waals surface area contributed by atoms with E-state index in [1.165, 1.54) is 5.56 Å². The molecule has 126 valence electrons. The van der Waals surface area contributed by atoms with Crippen LogP contribution in [0.15, 0.2) is 40.0 Å². The van der Waals surface area contributed by atoms with E-state index in [9.17, 15) is 4.39 Å².